The van der Waals surface area contributed by atoms with Crippen LogP contribution in [-0.4, -0.2) is 45.8 Å². The van der Waals surface area contributed by atoms with Gasteiger partial charge in [-0.15, -0.1) is 0 Å². The Hall–Kier alpha value is -0.0400. The van der Waals surface area contributed by atoms with Gasteiger partial charge in [0.05, 0.1) is 24.8 Å². The maximum atomic E-state index is 12.1. The van der Waals surface area contributed by atoms with E-state index >= 15 is 0 Å². The number of hydrogen-bond acceptors (Lipinski definition) is 3. The molecule has 1 saturated heterocycles. The summed E-state index contributed by atoms with van der Waals surface area (Å²) < 4.78 is 12.0. The van der Waals surface area contributed by atoms with E-state index in [1.807, 2.05) is 34.6 Å². The lowest BCUT2D eigenvalue weighted by atomic mass is 10.0. The third-order valence-corrected chi connectivity index (χ3v) is 3.56. The van der Waals surface area contributed by atoms with Crippen molar-refractivity contribution in [3.63, 3.8) is 0 Å². The van der Waals surface area contributed by atoms with Gasteiger partial charge in [-0.3, -0.25) is 4.90 Å². The molecule has 0 aromatic carbocycles. The first-order valence-corrected chi connectivity index (χ1v) is 7.36. The first-order chi connectivity index (χ1) is 7.65. The van der Waals surface area contributed by atoms with Crippen LogP contribution in [0.1, 0.15) is 34.6 Å². The fraction of sp³-hybridized carbons (Fsp3) is 0.917. The molecule has 0 aromatic heterocycles. The third kappa shape index (κ3) is 4.28. The molecule has 0 aliphatic carbocycles. The molecule has 1 unspecified atom stereocenters. The van der Waals surface area contributed by atoms with Gasteiger partial charge < -0.3 is 9.47 Å². The molecule has 1 aliphatic rings. The van der Waals surface area contributed by atoms with Gasteiger partial charge in [0.1, 0.15) is 5.60 Å². The molecule has 1 rings (SSSR count). The number of amides is 1. The van der Waals surface area contributed by atoms with Gasteiger partial charge in [0.25, 0.3) is 0 Å². The van der Waals surface area contributed by atoms with Crippen LogP contribution in [-0.2, 0) is 9.47 Å². The van der Waals surface area contributed by atoms with Gasteiger partial charge in [-0.2, -0.15) is 0 Å². The van der Waals surface area contributed by atoms with Crippen molar-refractivity contribution < 1.29 is 14.3 Å². The van der Waals surface area contributed by atoms with Crippen LogP contribution in [0.25, 0.3) is 0 Å². The molecule has 0 aromatic rings. The lowest BCUT2D eigenvalue weighted by Gasteiger charge is -2.45. The molecule has 1 amide bonds. The Morgan fingerprint density at radius 1 is 1.53 bits per heavy atom. The number of hydrogen-bond donors (Lipinski definition) is 0. The second-order valence-corrected chi connectivity index (χ2v) is 6.87. The standard InChI is InChI=1S/C12H22INO3/c1-11(2,3)17-10(15)14-7-9(6-13)16-8-12(14,4)5/h9H,6-8H2,1-5H3. The van der Waals surface area contributed by atoms with Crippen molar-refractivity contribution in [1.82, 2.24) is 4.90 Å². The minimum atomic E-state index is -0.453. The van der Waals surface area contributed by atoms with Crippen LogP contribution in [0.15, 0.2) is 0 Å². The molecule has 0 radical (unpaired) electrons. The summed E-state index contributed by atoms with van der Waals surface area (Å²) in [5, 5.41) is 0. The van der Waals surface area contributed by atoms with Crippen LogP contribution in [0.3, 0.4) is 0 Å². The van der Waals surface area contributed by atoms with Crippen molar-refractivity contribution >= 4 is 28.7 Å². The molecule has 1 heterocycles. The van der Waals surface area contributed by atoms with Gasteiger partial charge >= 0.3 is 6.09 Å². The Morgan fingerprint density at radius 3 is 2.59 bits per heavy atom. The normalized spacial score (nSPS) is 24.6. The second-order valence-electron chi connectivity index (χ2n) is 5.99. The van der Waals surface area contributed by atoms with E-state index in [0.717, 1.165) is 4.43 Å². The van der Waals surface area contributed by atoms with E-state index in [1.54, 1.807) is 4.90 Å². The predicted octanol–water partition coefficient (Wildman–Crippen LogP) is 2.84. The van der Waals surface area contributed by atoms with E-state index in [9.17, 15) is 4.79 Å². The van der Waals surface area contributed by atoms with Gasteiger partial charge in [-0.25, -0.2) is 4.79 Å². The topological polar surface area (TPSA) is 38.8 Å². The smallest absolute Gasteiger partial charge is 0.410 e. The number of halogens is 1. The van der Waals surface area contributed by atoms with Gasteiger partial charge in [0, 0.05) is 4.43 Å². The quantitative estimate of drug-likeness (QED) is 0.536. The summed E-state index contributed by atoms with van der Waals surface area (Å²) in [6, 6.07) is 0. The molecule has 100 valence electrons. The average molecular weight is 355 g/mol. The minimum Gasteiger partial charge on any atom is -0.444 e. The molecule has 17 heavy (non-hydrogen) atoms. The monoisotopic (exact) mass is 355 g/mol. The van der Waals surface area contributed by atoms with Crippen molar-refractivity contribution in [3.8, 4) is 0 Å². The Bertz CT molecular complexity index is 286. The number of rotatable bonds is 1. The van der Waals surface area contributed by atoms with Crippen molar-refractivity contribution in [1.29, 1.82) is 0 Å². The number of morpholine rings is 1. The van der Waals surface area contributed by atoms with E-state index in [0.29, 0.717) is 13.2 Å². The number of ether oxygens (including phenoxy) is 2. The maximum Gasteiger partial charge on any atom is 0.410 e. The second kappa shape index (κ2) is 5.30. The minimum absolute atomic E-state index is 0.108. The summed E-state index contributed by atoms with van der Waals surface area (Å²) >= 11 is 2.28. The summed E-state index contributed by atoms with van der Waals surface area (Å²) in [5.74, 6) is 0. The molecule has 0 saturated carbocycles. The third-order valence-electron chi connectivity index (χ3n) is 2.58. The van der Waals surface area contributed by atoms with E-state index in [2.05, 4.69) is 22.6 Å². The van der Waals surface area contributed by atoms with E-state index in [1.165, 1.54) is 0 Å². The number of nitrogens with zero attached hydrogens (tertiary/aromatic N) is 1. The van der Waals surface area contributed by atoms with Gasteiger partial charge in [-0.05, 0) is 34.6 Å². The Kier molecular flexibility index (Phi) is 4.68. The lowest BCUT2D eigenvalue weighted by molar-refractivity contribution is -0.0901. The van der Waals surface area contributed by atoms with Crippen LogP contribution in [0.5, 0.6) is 0 Å². The molecule has 1 fully saturated rings. The zero-order valence-corrected chi connectivity index (χ0v) is 13.4. The van der Waals surface area contributed by atoms with Crippen molar-refractivity contribution in [2.24, 2.45) is 0 Å². The van der Waals surface area contributed by atoms with E-state index in [-0.39, 0.29) is 17.7 Å². The molecule has 5 heteroatoms. The highest BCUT2D eigenvalue weighted by Crippen LogP contribution is 2.25. The highest BCUT2D eigenvalue weighted by Gasteiger charge is 2.39. The Morgan fingerprint density at radius 2 is 2.12 bits per heavy atom. The molecular weight excluding hydrogens is 333 g/mol. The highest BCUT2D eigenvalue weighted by atomic mass is 127. The van der Waals surface area contributed by atoms with Crippen LogP contribution in [0, 0.1) is 0 Å². The zero-order valence-electron chi connectivity index (χ0n) is 11.2. The fourth-order valence-corrected chi connectivity index (χ4v) is 2.17. The van der Waals surface area contributed by atoms with Gasteiger partial charge in [0.15, 0.2) is 0 Å². The molecule has 0 spiro atoms. The van der Waals surface area contributed by atoms with Crippen LogP contribution < -0.4 is 0 Å². The van der Waals surface area contributed by atoms with Gasteiger partial charge in [0.2, 0.25) is 0 Å². The molecule has 0 bridgehead atoms. The summed E-state index contributed by atoms with van der Waals surface area (Å²) in [6.45, 7) is 10.8. The van der Waals surface area contributed by atoms with E-state index in [4.69, 9.17) is 9.47 Å². The molecule has 4 nitrogen and oxygen atoms in total. The Labute approximate surface area is 117 Å². The first kappa shape index (κ1) is 15.0. The van der Waals surface area contributed by atoms with Crippen molar-refractivity contribution in [2.45, 2.75) is 51.9 Å². The summed E-state index contributed by atoms with van der Waals surface area (Å²) in [4.78, 5) is 13.9. The lowest BCUT2D eigenvalue weighted by Crippen LogP contribution is -2.59. The summed E-state index contributed by atoms with van der Waals surface area (Å²) in [7, 11) is 0. The molecular formula is C12H22INO3. The number of carbonyl (C=O) groups excluding carboxylic acids is 1. The zero-order chi connectivity index (χ0) is 13.3. The van der Waals surface area contributed by atoms with Crippen LogP contribution >= 0.6 is 22.6 Å². The van der Waals surface area contributed by atoms with Crippen LogP contribution in [0.2, 0.25) is 0 Å². The maximum absolute atomic E-state index is 12.1. The first-order valence-electron chi connectivity index (χ1n) is 5.84. The molecule has 1 atom stereocenters. The average Bonchev–Trinajstić information content (AvgIpc) is 2.14. The number of carbonyl (C=O) groups is 1. The molecule has 0 N–H and O–H groups in total. The number of alkyl halides is 1. The largest absolute Gasteiger partial charge is 0.444 e. The summed E-state index contributed by atoms with van der Waals surface area (Å²) in [6.07, 6.45) is -0.142. The van der Waals surface area contributed by atoms with Gasteiger partial charge in [-0.1, -0.05) is 22.6 Å². The van der Waals surface area contributed by atoms with Crippen molar-refractivity contribution in [3.05, 3.63) is 0 Å². The van der Waals surface area contributed by atoms with E-state index < -0.39 is 5.60 Å². The fourth-order valence-electron chi connectivity index (χ4n) is 1.64. The molecule has 1 aliphatic heterocycles. The van der Waals surface area contributed by atoms with Crippen LogP contribution in [0.4, 0.5) is 4.79 Å². The van der Waals surface area contributed by atoms with Crippen molar-refractivity contribution in [2.75, 3.05) is 17.6 Å². The predicted molar refractivity (Wildman–Crippen MR) is 75.6 cm³/mol. The SMILES string of the molecule is CC(C)(C)OC(=O)N1CC(CI)OCC1(C)C. The Balaban J connectivity index is 2.74. The highest BCUT2D eigenvalue weighted by molar-refractivity contribution is 14.1. The summed E-state index contributed by atoms with van der Waals surface area (Å²) in [5.41, 5.74) is -0.754.